The highest BCUT2D eigenvalue weighted by molar-refractivity contribution is 8.15. The van der Waals surface area contributed by atoms with E-state index in [2.05, 4.69) is 4.99 Å². The van der Waals surface area contributed by atoms with Gasteiger partial charge in [-0.15, -0.1) is 0 Å². The van der Waals surface area contributed by atoms with Crippen molar-refractivity contribution in [1.29, 1.82) is 0 Å². The quantitative estimate of drug-likeness (QED) is 0.584. The molecule has 4 rings (SSSR count). The number of ether oxygens (including phenoxy) is 2. The summed E-state index contributed by atoms with van der Waals surface area (Å²) in [4.78, 5) is 18.7. The molecule has 2 fully saturated rings. The van der Waals surface area contributed by atoms with Crippen molar-refractivity contribution in [2.45, 2.75) is 17.7 Å². The summed E-state index contributed by atoms with van der Waals surface area (Å²) in [6, 6.07) is 14.3. The Labute approximate surface area is 196 Å². The monoisotopic (exact) mass is 494 g/mol. The van der Waals surface area contributed by atoms with Crippen LogP contribution in [0.25, 0.3) is 0 Å². The summed E-state index contributed by atoms with van der Waals surface area (Å²) in [5.74, 6) is 1.08. The third-order valence-electron chi connectivity index (χ3n) is 5.37. The second-order valence-electron chi connectivity index (χ2n) is 7.62. The minimum atomic E-state index is -3.09. The molecule has 2 saturated heterocycles. The van der Waals surface area contributed by atoms with Crippen LogP contribution < -0.4 is 9.47 Å². The molecule has 32 heavy (non-hydrogen) atoms. The first-order valence-electron chi connectivity index (χ1n) is 10.1. The van der Waals surface area contributed by atoms with Gasteiger partial charge in [0.2, 0.25) is 0 Å². The molecule has 0 radical (unpaired) electrons. The number of thioether (sulfide) groups is 1. The number of rotatable bonds is 7. The van der Waals surface area contributed by atoms with Crippen molar-refractivity contribution in [3.05, 3.63) is 59.1 Å². The van der Waals surface area contributed by atoms with E-state index < -0.39 is 15.7 Å². The molecule has 2 atom stereocenters. The number of amidine groups is 1. The fourth-order valence-electron chi connectivity index (χ4n) is 3.75. The van der Waals surface area contributed by atoms with Crippen molar-refractivity contribution in [3.8, 4) is 11.5 Å². The average Bonchev–Trinajstić information content (AvgIpc) is 3.23. The highest BCUT2D eigenvalue weighted by Crippen LogP contribution is 2.38. The maximum absolute atomic E-state index is 12.5. The highest BCUT2D eigenvalue weighted by atomic mass is 35.5. The van der Waals surface area contributed by atoms with Gasteiger partial charge in [0, 0.05) is 16.8 Å². The minimum absolute atomic E-state index is 0.0851. The number of aliphatic imine (C=N–C) groups is 1. The molecule has 0 aromatic heterocycles. The number of hydrogen-bond acceptors (Lipinski definition) is 6. The lowest BCUT2D eigenvalue weighted by atomic mass is 10.1. The molecule has 10 heteroatoms. The zero-order valence-electron chi connectivity index (χ0n) is 17.4. The van der Waals surface area contributed by atoms with Crippen LogP contribution in [0, 0.1) is 0 Å². The zero-order valence-corrected chi connectivity index (χ0v) is 19.8. The van der Waals surface area contributed by atoms with Crippen LogP contribution in [0.4, 0.5) is 0 Å². The number of methoxy groups -OCH3 is 1. The third-order valence-corrected chi connectivity index (χ3v) is 8.87. The SMILES string of the molecule is COc1ccc(CCN2C(=NC(=O)COc3ccc(Cl)cc3)S[C@H]3CS(=O)(=O)C[C@@H]32)cc1. The molecular formula is C22H23ClN2O5S2. The summed E-state index contributed by atoms with van der Waals surface area (Å²) < 4.78 is 35.0. The highest BCUT2D eigenvalue weighted by Gasteiger charge is 2.48. The van der Waals surface area contributed by atoms with Gasteiger partial charge in [0.1, 0.15) is 11.5 Å². The first-order chi connectivity index (χ1) is 15.3. The summed E-state index contributed by atoms with van der Waals surface area (Å²) in [5.41, 5.74) is 1.09. The van der Waals surface area contributed by atoms with Crippen LogP contribution >= 0.6 is 23.4 Å². The van der Waals surface area contributed by atoms with E-state index in [1.807, 2.05) is 29.2 Å². The number of nitrogens with zero attached hydrogens (tertiary/aromatic N) is 2. The molecule has 0 N–H and O–H groups in total. The Morgan fingerprint density at radius 1 is 1.12 bits per heavy atom. The van der Waals surface area contributed by atoms with Crippen LogP contribution in [0.2, 0.25) is 5.02 Å². The molecule has 0 saturated carbocycles. The van der Waals surface area contributed by atoms with Crippen LogP contribution in [-0.4, -0.2) is 67.5 Å². The van der Waals surface area contributed by atoms with Crippen molar-refractivity contribution < 1.29 is 22.7 Å². The Bertz CT molecular complexity index is 1100. The van der Waals surface area contributed by atoms with Gasteiger partial charge in [-0.2, -0.15) is 4.99 Å². The molecule has 1 amide bonds. The molecule has 0 spiro atoms. The number of amides is 1. The Balaban J connectivity index is 1.44. The van der Waals surface area contributed by atoms with Crippen LogP contribution in [0.1, 0.15) is 5.56 Å². The lowest BCUT2D eigenvalue weighted by Gasteiger charge is -2.24. The van der Waals surface area contributed by atoms with E-state index in [1.165, 1.54) is 11.8 Å². The van der Waals surface area contributed by atoms with E-state index in [4.69, 9.17) is 21.1 Å². The maximum Gasteiger partial charge on any atom is 0.285 e. The van der Waals surface area contributed by atoms with Crippen molar-refractivity contribution in [2.75, 3.05) is 31.8 Å². The Morgan fingerprint density at radius 3 is 2.50 bits per heavy atom. The molecule has 0 bridgehead atoms. The summed E-state index contributed by atoms with van der Waals surface area (Å²) in [7, 11) is -1.47. The molecule has 0 unspecified atom stereocenters. The fourth-order valence-corrected chi connectivity index (χ4v) is 7.87. The van der Waals surface area contributed by atoms with Crippen LogP contribution in [-0.2, 0) is 21.1 Å². The van der Waals surface area contributed by atoms with Gasteiger partial charge >= 0.3 is 0 Å². The van der Waals surface area contributed by atoms with Gasteiger partial charge in [-0.3, -0.25) is 4.79 Å². The van der Waals surface area contributed by atoms with Gasteiger partial charge in [-0.05, 0) is 48.4 Å². The number of carbonyl (C=O) groups is 1. The summed E-state index contributed by atoms with van der Waals surface area (Å²) in [6.45, 7) is 0.367. The Hall–Kier alpha value is -2.23. The standard InChI is InChI=1S/C22H23ClN2O5S2/c1-29-17-6-2-15(3-7-17)10-11-25-19-13-32(27,28)14-20(19)31-22(25)24-21(26)12-30-18-8-4-16(23)5-9-18/h2-9,19-20H,10-14H2,1H3/t19-,20-/m0/s1. The fraction of sp³-hybridized carbons (Fsp3) is 0.364. The van der Waals surface area contributed by atoms with Crippen molar-refractivity contribution in [3.63, 3.8) is 0 Å². The first-order valence-corrected chi connectivity index (χ1v) is 13.2. The largest absolute Gasteiger partial charge is 0.497 e. The van der Waals surface area contributed by atoms with Crippen molar-refractivity contribution in [1.82, 2.24) is 4.90 Å². The van der Waals surface area contributed by atoms with Crippen LogP contribution in [0.3, 0.4) is 0 Å². The van der Waals surface area contributed by atoms with Crippen LogP contribution in [0.5, 0.6) is 11.5 Å². The third kappa shape index (κ3) is 5.57. The summed E-state index contributed by atoms with van der Waals surface area (Å²) in [5, 5.41) is 1.04. The predicted octanol–water partition coefficient (Wildman–Crippen LogP) is 3.07. The van der Waals surface area contributed by atoms with Gasteiger partial charge in [0.15, 0.2) is 21.6 Å². The molecule has 2 heterocycles. The van der Waals surface area contributed by atoms with E-state index >= 15 is 0 Å². The van der Waals surface area contributed by atoms with Gasteiger partial charge in [-0.25, -0.2) is 8.42 Å². The molecule has 2 aliphatic heterocycles. The number of hydrogen-bond donors (Lipinski definition) is 0. The van der Waals surface area contributed by atoms with Crippen LogP contribution in [0.15, 0.2) is 53.5 Å². The molecule has 2 aromatic rings. The number of halogens is 1. The zero-order chi connectivity index (χ0) is 22.7. The van der Waals surface area contributed by atoms with Crippen molar-refractivity contribution in [2.24, 2.45) is 4.99 Å². The molecule has 0 aliphatic carbocycles. The molecule has 7 nitrogen and oxygen atoms in total. The van der Waals surface area contributed by atoms with E-state index in [0.29, 0.717) is 28.9 Å². The van der Waals surface area contributed by atoms with Gasteiger partial charge in [0.05, 0.1) is 24.7 Å². The van der Waals surface area contributed by atoms with E-state index in [9.17, 15) is 13.2 Å². The number of carbonyl (C=O) groups excluding carboxylic acids is 1. The van der Waals surface area contributed by atoms with Gasteiger partial charge in [0.25, 0.3) is 5.91 Å². The lowest BCUT2D eigenvalue weighted by Crippen LogP contribution is -2.39. The first kappa shape index (κ1) is 22.9. The van der Waals surface area contributed by atoms with E-state index in [0.717, 1.165) is 11.3 Å². The van der Waals surface area contributed by atoms with E-state index in [1.54, 1.807) is 31.4 Å². The van der Waals surface area contributed by atoms with Gasteiger partial charge in [-0.1, -0.05) is 35.5 Å². The average molecular weight is 495 g/mol. The smallest absolute Gasteiger partial charge is 0.285 e. The number of fused-ring (bicyclic) bond motifs is 1. The molecule has 2 aliphatic rings. The van der Waals surface area contributed by atoms with Gasteiger partial charge < -0.3 is 14.4 Å². The Morgan fingerprint density at radius 2 is 1.81 bits per heavy atom. The summed E-state index contributed by atoms with van der Waals surface area (Å²) in [6.07, 6.45) is 0.697. The van der Waals surface area contributed by atoms with E-state index in [-0.39, 0.29) is 29.4 Å². The lowest BCUT2D eigenvalue weighted by molar-refractivity contribution is -0.119. The molecule has 2 aromatic carbocycles. The maximum atomic E-state index is 12.5. The normalized spacial score (nSPS) is 22.7. The molecule has 170 valence electrons. The second kappa shape index (κ2) is 9.72. The van der Waals surface area contributed by atoms with Crippen molar-refractivity contribution >= 4 is 44.3 Å². The molecular weight excluding hydrogens is 472 g/mol. The Kier molecular flexibility index (Phi) is 6.97. The second-order valence-corrected chi connectivity index (χ2v) is 11.4. The minimum Gasteiger partial charge on any atom is -0.497 e. The predicted molar refractivity (Wildman–Crippen MR) is 127 cm³/mol. The topological polar surface area (TPSA) is 85.3 Å². The summed E-state index contributed by atoms with van der Waals surface area (Å²) >= 11 is 7.23. The number of sulfone groups is 1. The number of benzene rings is 2.